The number of nitrogens with zero attached hydrogens (tertiary/aromatic N) is 1. The molecule has 8 heteroatoms. The van der Waals surface area contributed by atoms with E-state index in [-0.39, 0.29) is 24.6 Å². The molecule has 3 aromatic carbocycles. The molecule has 1 atom stereocenters. The third-order valence-electron chi connectivity index (χ3n) is 5.84. The highest BCUT2D eigenvalue weighted by Crippen LogP contribution is 2.36. The first-order chi connectivity index (χ1) is 16.8. The summed E-state index contributed by atoms with van der Waals surface area (Å²) in [7, 11) is -3.88. The highest BCUT2D eigenvalue weighted by Gasteiger charge is 2.37. The molecule has 0 bridgehead atoms. The Kier molecular flexibility index (Phi) is 7.31. The molecule has 4 rings (SSSR count). The zero-order chi connectivity index (χ0) is 25.0. The van der Waals surface area contributed by atoms with Gasteiger partial charge >= 0.3 is 0 Å². The molecule has 1 aliphatic heterocycles. The molecule has 0 unspecified atom stereocenters. The first kappa shape index (κ1) is 24.6. The van der Waals surface area contributed by atoms with Crippen LogP contribution in [-0.4, -0.2) is 40.1 Å². The van der Waals surface area contributed by atoms with Crippen LogP contribution in [0.15, 0.2) is 77.7 Å². The van der Waals surface area contributed by atoms with Gasteiger partial charge in [-0.15, -0.1) is 0 Å². The van der Waals surface area contributed by atoms with Crippen molar-refractivity contribution in [2.24, 2.45) is 0 Å². The second kappa shape index (κ2) is 10.4. The van der Waals surface area contributed by atoms with E-state index in [1.54, 1.807) is 48.5 Å². The number of amides is 1. The number of hydrogen-bond acceptors (Lipinski definition) is 5. The molecule has 0 saturated heterocycles. The summed E-state index contributed by atoms with van der Waals surface area (Å²) in [4.78, 5) is 13.1. The fraction of sp³-hybridized carbons (Fsp3) is 0.296. The van der Waals surface area contributed by atoms with Crippen molar-refractivity contribution in [1.29, 1.82) is 0 Å². The zero-order valence-corrected chi connectivity index (χ0v) is 20.9. The van der Waals surface area contributed by atoms with E-state index in [1.165, 1.54) is 4.31 Å². The zero-order valence-electron chi connectivity index (χ0n) is 20.1. The van der Waals surface area contributed by atoms with Crippen LogP contribution in [0, 0.1) is 6.92 Å². The largest absolute Gasteiger partial charge is 0.491 e. The van der Waals surface area contributed by atoms with Gasteiger partial charge in [0, 0.05) is 0 Å². The molecule has 0 aliphatic carbocycles. The van der Waals surface area contributed by atoms with Crippen LogP contribution in [0.4, 0.5) is 5.69 Å². The standard InChI is InChI=1S/C27H30N2O5S/c1-19(2)22-8-4-6-10-24(22)33-17-16-28-27(30)26-18-29(23-9-5-7-11-25(23)34-26)35(31,32)21-14-12-20(3)13-15-21/h4-15,19,26H,16-18H2,1-3H3,(H,28,30)/t26-/m1/s1. The minimum absolute atomic E-state index is 0.129. The van der Waals surface area contributed by atoms with E-state index in [0.29, 0.717) is 17.4 Å². The van der Waals surface area contributed by atoms with Crippen molar-refractivity contribution in [3.8, 4) is 11.5 Å². The molecule has 1 aliphatic rings. The fourth-order valence-electron chi connectivity index (χ4n) is 3.94. The molecule has 1 N–H and O–H groups in total. The van der Waals surface area contributed by atoms with Gasteiger partial charge in [-0.3, -0.25) is 9.10 Å². The van der Waals surface area contributed by atoms with Gasteiger partial charge in [0.2, 0.25) is 0 Å². The van der Waals surface area contributed by atoms with Gasteiger partial charge in [-0.2, -0.15) is 0 Å². The van der Waals surface area contributed by atoms with Crippen LogP contribution in [0.1, 0.15) is 30.9 Å². The van der Waals surface area contributed by atoms with Crippen LogP contribution < -0.4 is 19.1 Å². The number of carbonyl (C=O) groups is 1. The highest BCUT2D eigenvalue weighted by molar-refractivity contribution is 7.92. The highest BCUT2D eigenvalue weighted by atomic mass is 32.2. The van der Waals surface area contributed by atoms with Crippen LogP contribution >= 0.6 is 0 Å². The Balaban J connectivity index is 1.45. The summed E-state index contributed by atoms with van der Waals surface area (Å²) < 4.78 is 39.9. The van der Waals surface area contributed by atoms with Crippen molar-refractivity contribution in [1.82, 2.24) is 5.32 Å². The molecular weight excluding hydrogens is 464 g/mol. The smallest absolute Gasteiger partial charge is 0.264 e. The topological polar surface area (TPSA) is 84.9 Å². The van der Waals surface area contributed by atoms with Gasteiger partial charge in [-0.25, -0.2) is 8.42 Å². The van der Waals surface area contributed by atoms with Crippen molar-refractivity contribution in [3.05, 3.63) is 83.9 Å². The van der Waals surface area contributed by atoms with Gasteiger partial charge in [0.1, 0.15) is 18.1 Å². The molecule has 0 spiro atoms. The number of benzene rings is 3. The summed E-state index contributed by atoms with van der Waals surface area (Å²) in [6.45, 7) is 6.50. The first-order valence-corrected chi connectivity index (χ1v) is 13.1. The number of rotatable bonds is 8. The van der Waals surface area contributed by atoms with E-state index in [9.17, 15) is 13.2 Å². The number of anilines is 1. The second-order valence-corrected chi connectivity index (χ2v) is 10.6. The maximum absolute atomic E-state index is 13.5. The van der Waals surface area contributed by atoms with E-state index in [1.807, 2.05) is 31.2 Å². The number of aryl methyl sites for hydroxylation is 1. The van der Waals surface area contributed by atoms with Gasteiger partial charge < -0.3 is 14.8 Å². The molecular formula is C27H30N2O5S. The molecule has 35 heavy (non-hydrogen) atoms. The van der Waals surface area contributed by atoms with E-state index >= 15 is 0 Å². The molecule has 1 amide bonds. The summed E-state index contributed by atoms with van der Waals surface area (Å²) in [5, 5.41) is 2.81. The lowest BCUT2D eigenvalue weighted by Gasteiger charge is -2.34. The van der Waals surface area contributed by atoms with E-state index < -0.39 is 22.0 Å². The second-order valence-electron chi connectivity index (χ2n) is 8.76. The fourth-order valence-corrected chi connectivity index (χ4v) is 5.42. The molecule has 7 nitrogen and oxygen atoms in total. The van der Waals surface area contributed by atoms with E-state index in [2.05, 4.69) is 19.2 Å². The van der Waals surface area contributed by atoms with Crippen molar-refractivity contribution in [3.63, 3.8) is 0 Å². The maximum atomic E-state index is 13.5. The summed E-state index contributed by atoms with van der Waals surface area (Å²) in [5.41, 5.74) is 2.47. The summed E-state index contributed by atoms with van der Waals surface area (Å²) in [6, 6.07) is 21.3. The van der Waals surface area contributed by atoms with Gasteiger partial charge in [-0.1, -0.05) is 61.9 Å². The Hall–Kier alpha value is -3.52. The van der Waals surface area contributed by atoms with Crippen molar-refractivity contribution < 1.29 is 22.7 Å². The third kappa shape index (κ3) is 5.43. The lowest BCUT2D eigenvalue weighted by atomic mass is 10.0. The Morgan fingerprint density at radius 1 is 1.06 bits per heavy atom. The van der Waals surface area contributed by atoms with Crippen molar-refractivity contribution >= 4 is 21.6 Å². The van der Waals surface area contributed by atoms with Gasteiger partial charge in [0.05, 0.1) is 23.7 Å². The molecule has 1 heterocycles. The Bertz CT molecular complexity index is 1290. The van der Waals surface area contributed by atoms with Crippen LogP contribution in [-0.2, 0) is 14.8 Å². The van der Waals surface area contributed by atoms with Crippen LogP contribution in [0.3, 0.4) is 0 Å². The summed E-state index contributed by atoms with van der Waals surface area (Å²) >= 11 is 0. The predicted molar refractivity (Wildman–Crippen MR) is 136 cm³/mol. The van der Waals surface area contributed by atoms with Gasteiger partial charge in [-0.05, 0) is 48.7 Å². The number of sulfonamides is 1. The van der Waals surface area contributed by atoms with E-state index in [4.69, 9.17) is 9.47 Å². The number of fused-ring (bicyclic) bond motifs is 1. The van der Waals surface area contributed by atoms with Gasteiger partial charge in [0.25, 0.3) is 15.9 Å². The summed E-state index contributed by atoms with van der Waals surface area (Å²) in [6.07, 6.45) is -0.993. The first-order valence-electron chi connectivity index (χ1n) is 11.6. The average molecular weight is 495 g/mol. The molecule has 0 radical (unpaired) electrons. The monoisotopic (exact) mass is 494 g/mol. The minimum atomic E-state index is -3.88. The molecule has 0 aromatic heterocycles. The predicted octanol–water partition coefficient (Wildman–Crippen LogP) is 4.27. The van der Waals surface area contributed by atoms with Crippen LogP contribution in [0.5, 0.6) is 11.5 Å². The Morgan fingerprint density at radius 2 is 1.74 bits per heavy atom. The minimum Gasteiger partial charge on any atom is -0.491 e. The van der Waals surface area contributed by atoms with Crippen molar-refractivity contribution in [2.75, 3.05) is 24.0 Å². The number of ether oxygens (including phenoxy) is 2. The normalized spacial score (nSPS) is 15.3. The SMILES string of the molecule is Cc1ccc(S(=O)(=O)N2C[C@H](C(=O)NCCOc3ccccc3C(C)C)Oc3ccccc32)cc1. The lowest BCUT2D eigenvalue weighted by molar-refractivity contribution is -0.127. The van der Waals surface area contributed by atoms with E-state index in [0.717, 1.165) is 16.9 Å². The van der Waals surface area contributed by atoms with Crippen LogP contribution in [0.25, 0.3) is 0 Å². The maximum Gasteiger partial charge on any atom is 0.264 e. The molecule has 0 saturated carbocycles. The lowest BCUT2D eigenvalue weighted by Crippen LogP contribution is -2.51. The third-order valence-corrected chi connectivity index (χ3v) is 7.63. The van der Waals surface area contributed by atoms with Crippen LogP contribution in [0.2, 0.25) is 0 Å². The number of nitrogens with one attached hydrogen (secondary N) is 1. The number of para-hydroxylation sites is 3. The summed E-state index contributed by atoms with van der Waals surface area (Å²) in [5.74, 6) is 1.05. The number of hydrogen-bond donors (Lipinski definition) is 1. The Morgan fingerprint density at radius 3 is 2.49 bits per heavy atom. The van der Waals surface area contributed by atoms with Crippen molar-refractivity contribution in [2.45, 2.75) is 37.7 Å². The molecule has 0 fully saturated rings. The number of carbonyl (C=O) groups excluding carboxylic acids is 1. The average Bonchev–Trinajstić information content (AvgIpc) is 2.86. The Labute approximate surface area is 206 Å². The molecule has 184 valence electrons. The van der Waals surface area contributed by atoms with Gasteiger partial charge in [0.15, 0.2) is 6.10 Å². The quantitative estimate of drug-likeness (QED) is 0.473. The molecule has 3 aromatic rings.